The molecule has 1 saturated heterocycles. The molecule has 6 heteroatoms. The van der Waals surface area contributed by atoms with Crippen LogP contribution in [0.2, 0.25) is 5.02 Å². The van der Waals surface area contributed by atoms with Crippen molar-refractivity contribution in [1.29, 1.82) is 0 Å². The van der Waals surface area contributed by atoms with Gasteiger partial charge in [0.15, 0.2) is 9.84 Å². The Morgan fingerprint density at radius 1 is 0.929 bits per heavy atom. The standard InChI is InChI=1S/C22H20ClNO3S/c1-15-14-16(23)6-7-17(15)20-8-9-21(19-5-3-2-4-18(19)20)22(25)24-10-12-28(26,27)13-11-24/h2-9,14H,10-13H2,1H3. The third-order valence-corrected chi connectivity index (χ3v) is 7.11. The summed E-state index contributed by atoms with van der Waals surface area (Å²) in [5, 5.41) is 2.55. The Labute approximate surface area is 169 Å². The Kier molecular flexibility index (Phi) is 4.89. The van der Waals surface area contributed by atoms with E-state index in [1.54, 1.807) is 4.90 Å². The highest BCUT2D eigenvalue weighted by atomic mass is 35.5. The van der Waals surface area contributed by atoms with Crippen molar-refractivity contribution < 1.29 is 13.2 Å². The third kappa shape index (κ3) is 3.52. The van der Waals surface area contributed by atoms with Gasteiger partial charge in [0.05, 0.1) is 11.5 Å². The molecule has 0 N–H and O–H groups in total. The fourth-order valence-electron chi connectivity index (χ4n) is 3.74. The van der Waals surface area contributed by atoms with Crippen molar-refractivity contribution in [3.05, 3.63) is 70.7 Å². The SMILES string of the molecule is Cc1cc(Cl)ccc1-c1ccc(C(=O)N2CCS(=O)(=O)CC2)c2ccccc12. The number of sulfone groups is 1. The summed E-state index contributed by atoms with van der Waals surface area (Å²) >= 11 is 6.10. The summed E-state index contributed by atoms with van der Waals surface area (Å²) in [5.41, 5.74) is 3.79. The van der Waals surface area contributed by atoms with Gasteiger partial charge < -0.3 is 4.90 Å². The van der Waals surface area contributed by atoms with Crippen LogP contribution in [0.1, 0.15) is 15.9 Å². The highest BCUT2D eigenvalue weighted by Gasteiger charge is 2.27. The first-order valence-corrected chi connectivity index (χ1v) is 11.3. The van der Waals surface area contributed by atoms with Gasteiger partial charge in [-0.05, 0) is 52.6 Å². The molecule has 0 saturated carbocycles. The number of amides is 1. The molecule has 3 aromatic rings. The molecule has 1 aliphatic heterocycles. The molecule has 1 fully saturated rings. The molecule has 0 aromatic heterocycles. The van der Waals surface area contributed by atoms with Crippen molar-refractivity contribution in [2.75, 3.05) is 24.6 Å². The second-order valence-corrected chi connectivity index (χ2v) is 9.85. The van der Waals surface area contributed by atoms with Gasteiger partial charge in [-0.3, -0.25) is 4.79 Å². The van der Waals surface area contributed by atoms with E-state index >= 15 is 0 Å². The van der Waals surface area contributed by atoms with Gasteiger partial charge in [0.25, 0.3) is 5.91 Å². The maximum Gasteiger partial charge on any atom is 0.254 e. The zero-order valence-electron chi connectivity index (χ0n) is 15.5. The summed E-state index contributed by atoms with van der Waals surface area (Å²) in [5.74, 6) is -0.0669. The average molecular weight is 414 g/mol. The van der Waals surface area contributed by atoms with Crippen LogP contribution in [0.15, 0.2) is 54.6 Å². The van der Waals surface area contributed by atoms with Crippen LogP contribution in [0.3, 0.4) is 0 Å². The minimum Gasteiger partial charge on any atom is -0.337 e. The van der Waals surface area contributed by atoms with E-state index in [2.05, 4.69) is 0 Å². The topological polar surface area (TPSA) is 54.5 Å². The number of benzene rings is 3. The summed E-state index contributed by atoms with van der Waals surface area (Å²) in [6.45, 7) is 2.50. The molecule has 1 heterocycles. The fourth-order valence-corrected chi connectivity index (χ4v) is 5.16. The number of fused-ring (bicyclic) bond motifs is 1. The van der Waals surface area contributed by atoms with Crippen LogP contribution < -0.4 is 0 Å². The second kappa shape index (κ2) is 7.22. The highest BCUT2D eigenvalue weighted by molar-refractivity contribution is 7.91. The molecule has 1 aliphatic rings. The van der Waals surface area contributed by atoms with Crippen LogP contribution in [-0.4, -0.2) is 43.8 Å². The Hall–Kier alpha value is -2.37. The predicted octanol–water partition coefficient (Wildman–Crippen LogP) is 4.34. The van der Waals surface area contributed by atoms with Crippen LogP contribution in [0, 0.1) is 6.92 Å². The molecular formula is C22H20ClNO3S. The maximum atomic E-state index is 13.1. The summed E-state index contributed by atoms with van der Waals surface area (Å²) in [4.78, 5) is 14.7. The van der Waals surface area contributed by atoms with Crippen molar-refractivity contribution in [2.24, 2.45) is 0 Å². The maximum absolute atomic E-state index is 13.1. The van der Waals surface area contributed by atoms with Gasteiger partial charge in [0.1, 0.15) is 0 Å². The van der Waals surface area contributed by atoms with Crippen molar-refractivity contribution in [1.82, 2.24) is 4.90 Å². The summed E-state index contributed by atoms with van der Waals surface area (Å²) < 4.78 is 23.4. The normalized spacial score (nSPS) is 16.3. The number of rotatable bonds is 2. The second-order valence-electron chi connectivity index (χ2n) is 7.11. The first-order valence-electron chi connectivity index (χ1n) is 9.14. The smallest absolute Gasteiger partial charge is 0.254 e. The zero-order chi connectivity index (χ0) is 19.9. The van der Waals surface area contributed by atoms with Gasteiger partial charge in [-0.1, -0.05) is 48.0 Å². The largest absolute Gasteiger partial charge is 0.337 e. The summed E-state index contributed by atoms with van der Waals surface area (Å²) in [7, 11) is -3.03. The molecule has 28 heavy (non-hydrogen) atoms. The predicted molar refractivity (Wildman–Crippen MR) is 114 cm³/mol. The van der Waals surface area contributed by atoms with Crippen molar-refractivity contribution >= 4 is 38.1 Å². The van der Waals surface area contributed by atoms with Gasteiger partial charge >= 0.3 is 0 Å². The van der Waals surface area contributed by atoms with Crippen LogP contribution in [-0.2, 0) is 9.84 Å². The monoisotopic (exact) mass is 413 g/mol. The molecule has 1 amide bonds. The fraction of sp³-hybridized carbons (Fsp3) is 0.227. The van der Waals surface area contributed by atoms with Crippen molar-refractivity contribution in [3.8, 4) is 11.1 Å². The van der Waals surface area contributed by atoms with Crippen LogP contribution in [0.25, 0.3) is 21.9 Å². The molecule has 3 aromatic carbocycles. The van der Waals surface area contributed by atoms with E-state index in [0.29, 0.717) is 10.6 Å². The van der Waals surface area contributed by atoms with Crippen LogP contribution in [0.4, 0.5) is 0 Å². The molecule has 0 aliphatic carbocycles. The summed E-state index contributed by atoms with van der Waals surface area (Å²) in [6.07, 6.45) is 0. The number of hydrogen-bond donors (Lipinski definition) is 0. The number of halogens is 1. The molecule has 0 spiro atoms. The summed E-state index contributed by atoms with van der Waals surface area (Å²) in [6, 6.07) is 17.4. The average Bonchev–Trinajstić information content (AvgIpc) is 2.67. The minimum atomic E-state index is -3.03. The van der Waals surface area contributed by atoms with E-state index in [1.165, 1.54) is 0 Å². The van der Waals surface area contributed by atoms with Crippen molar-refractivity contribution in [3.63, 3.8) is 0 Å². The number of aryl methyl sites for hydroxylation is 1. The molecule has 144 valence electrons. The third-order valence-electron chi connectivity index (χ3n) is 5.26. The Bertz CT molecular complexity index is 1170. The molecule has 0 radical (unpaired) electrons. The first-order chi connectivity index (χ1) is 13.4. The van der Waals surface area contributed by atoms with Crippen LogP contribution in [0.5, 0.6) is 0 Å². The Morgan fingerprint density at radius 3 is 2.25 bits per heavy atom. The lowest BCUT2D eigenvalue weighted by molar-refractivity contribution is 0.0772. The van der Waals surface area contributed by atoms with Gasteiger partial charge in [-0.15, -0.1) is 0 Å². The highest BCUT2D eigenvalue weighted by Crippen LogP contribution is 2.34. The van der Waals surface area contributed by atoms with Gasteiger partial charge in [-0.2, -0.15) is 0 Å². The van der Waals surface area contributed by atoms with E-state index < -0.39 is 9.84 Å². The molecule has 4 rings (SSSR count). The van der Waals surface area contributed by atoms with Crippen LogP contribution >= 0.6 is 11.6 Å². The number of carbonyl (C=O) groups is 1. The lowest BCUT2D eigenvalue weighted by Crippen LogP contribution is -2.43. The van der Waals surface area contributed by atoms with E-state index in [4.69, 9.17) is 11.6 Å². The lowest BCUT2D eigenvalue weighted by Gasteiger charge is -2.27. The van der Waals surface area contributed by atoms with Gasteiger partial charge in [0, 0.05) is 23.7 Å². The molecule has 0 unspecified atom stereocenters. The Morgan fingerprint density at radius 2 is 1.57 bits per heavy atom. The minimum absolute atomic E-state index is 0.0265. The number of nitrogens with zero attached hydrogens (tertiary/aromatic N) is 1. The molecule has 4 nitrogen and oxygen atoms in total. The van der Waals surface area contributed by atoms with E-state index in [1.807, 2.05) is 61.5 Å². The zero-order valence-corrected chi connectivity index (χ0v) is 17.1. The molecular weight excluding hydrogens is 394 g/mol. The lowest BCUT2D eigenvalue weighted by atomic mass is 9.92. The molecule has 0 bridgehead atoms. The van der Waals surface area contributed by atoms with Crippen molar-refractivity contribution in [2.45, 2.75) is 6.92 Å². The quantitative estimate of drug-likeness (QED) is 0.628. The van der Waals surface area contributed by atoms with E-state index in [9.17, 15) is 13.2 Å². The van der Waals surface area contributed by atoms with Gasteiger partial charge in [0.2, 0.25) is 0 Å². The number of hydrogen-bond acceptors (Lipinski definition) is 3. The van der Waals surface area contributed by atoms with Gasteiger partial charge in [-0.25, -0.2) is 8.42 Å². The van der Waals surface area contributed by atoms with E-state index in [-0.39, 0.29) is 30.5 Å². The Balaban J connectivity index is 1.79. The van der Waals surface area contributed by atoms with E-state index in [0.717, 1.165) is 27.5 Å². The first kappa shape index (κ1) is 19.0. The number of carbonyl (C=O) groups excluding carboxylic acids is 1. The molecule has 0 atom stereocenters.